The lowest BCUT2D eigenvalue weighted by Gasteiger charge is -2.10. The number of hydrogen-bond donors (Lipinski definition) is 0. The van der Waals surface area contributed by atoms with Crippen LogP contribution >= 0.6 is 27.7 Å². The summed E-state index contributed by atoms with van der Waals surface area (Å²) in [6.45, 7) is 0. The lowest BCUT2D eigenvalue weighted by atomic mass is 10.1. The number of carbonyl (C=O) groups is 2. The summed E-state index contributed by atoms with van der Waals surface area (Å²) < 4.78 is 1.02. The van der Waals surface area contributed by atoms with Crippen molar-refractivity contribution in [1.82, 2.24) is 0 Å². The minimum atomic E-state index is -0.468. The second kappa shape index (κ2) is 5.07. The zero-order chi connectivity index (χ0) is 14.3. The Hall–Kier alpha value is -1.59. The van der Waals surface area contributed by atoms with Crippen molar-refractivity contribution >= 4 is 45.1 Å². The quantitative estimate of drug-likeness (QED) is 0.776. The maximum Gasteiger partial charge on any atom is 0.299 e. The van der Waals surface area contributed by atoms with Gasteiger partial charge in [0, 0.05) is 21.3 Å². The van der Waals surface area contributed by atoms with E-state index >= 15 is 0 Å². The van der Waals surface area contributed by atoms with Crippen molar-refractivity contribution in [2.45, 2.75) is 9.79 Å². The Morgan fingerprint density at radius 2 is 1.80 bits per heavy atom. The molecule has 0 aromatic heterocycles. The van der Waals surface area contributed by atoms with Crippen molar-refractivity contribution in [3.63, 3.8) is 0 Å². The molecular weight excluding hydrogens is 338 g/mol. The summed E-state index contributed by atoms with van der Waals surface area (Å²) in [5.74, 6) is -0.897. The van der Waals surface area contributed by atoms with Crippen LogP contribution in [0.1, 0.15) is 10.4 Å². The SMILES string of the molecule is CN1C(=O)C(=O)c2ccc(Sc3cccc(Br)c3)cc21. The molecule has 2 aromatic carbocycles. The van der Waals surface area contributed by atoms with Gasteiger partial charge in [0.1, 0.15) is 0 Å². The molecule has 2 aromatic rings. The highest BCUT2D eigenvalue weighted by Crippen LogP contribution is 2.35. The lowest BCUT2D eigenvalue weighted by molar-refractivity contribution is -0.114. The zero-order valence-electron chi connectivity index (χ0n) is 10.6. The first-order valence-electron chi connectivity index (χ1n) is 5.96. The number of rotatable bonds is 2. The number of amides is 1. The maximum absolute atomic E-state index is 11.7. The Labute approximate surface area is 129 Å². The molecule has 0 N–H and O–H groups in total. The van der Waals surface area contributed by atoms with Gasteiger partial charge in [-0.05, 0) is 36.4 Å². The number of ketones is 1. The number of halogens is 1. The highest BCUT2D eigenvalue weighted by molar-refractivity contribution is 9.10. The fraction of sp³-hybridized carbons (Fsp3) is 0.0667. The molecule has 0 atom stereocenters. The predicted molar refractivity (Wildman–Crippen MR) is 82.4 cm³/mol. The van der Waals surface area contributed by atoms with Crippen LogP contribution in [0.2, 0.25) is 0 Å². The molecular formula is C15H10BrNO2S. The monoisotopic (exact) mass is 347 g/mol. The molecule has 0 saturated carbocycles. The second-order valence-corrected chi connectivity index (χ2v) is 6.49. The lowest BCUT2D eigenvalue weighted by Crippen LogP contribution is -2.24. The molecule has 1 heterocycles. The van der Waals surface area contributed by atoms with E-state index in [1.54, 1.807) is 24.9 Å². The number of hydrogen-bond acceptors (Lipinski definition) is 3. The molecule has 0 spiro atoms. The van der Waals surface area contributed by atoms with E-state index in [4.69, 9.17) is 0 Å². The van der Waals surface area contributed by atoms with E-state index in [1.165, 1.54) is 4.90 Å². The molecule has 0 aliphatic carbocycles. The Balaban J connectivity index is 1.94. The van der Waals surface area contributed by atoms with Crippen LogP contribution in [0, 0.1) is 0 Å². The third kappa shape index (κ3) is 2.27. The van der Waals surface area contributed by atoms with Gasteiger partial charge in [-0.2, -0.15) is 0 Å². The second-order valence-electron chi connectivity index (χ2n) is 4.43. The molecule has 1 aliphatic rings. The average Bonchev–Trinajstić information content (AvgIpc) is 2.64. The third-order valence-electron chi connectivity index (χ3n) is 3.11. The van der Waals surface area contributed by atoms with Crippen molar-refractivity contribution in [3.05, 3.63) is 52.5 Å². The fourth-order valence-electron chi connectivity index (χ4n) is 2.09. The number of likely N-dealkylation sites (N-methyl/N-ethyl adjacent to an activating group) is 1. The highest BCUT2D eigenvalue weighted by Gasteiger charge is 2.33. The van der Waals surface area contributed by atoms with E-state index in [1.807, 2.05) is 36.4 Å². The summed E-state index contributed by atoms with van der Waals surface area (Å²) in [6, 6.07) is 13.5. The summed E-state index contributed by atoms with van der Waals surface area (Å²) in [5, 5.41) is 0. The number of fused-ring (bicyclic) bond motifs is 1. The van der Waals surface area contributed by atoms with E-state index in [0.29, 0.717) is 11.3 Å². The standard InChI is InChI=1S/C15H10BrNO2S/c1-17-13-8-11(5-6-12(13)14(18)15(17)19)20-10-4-2-3-9(16)7-10/h2-8H,1H3. The van der Waals surface area contributed by atoms with Gasteiger partial charge in [-0.25, -0.2) is 0 Å². The van der Waals surface area contributed by atoms with Crippen LogP contribution in [-0.2, 0) is 4.79 Å². The fourth-order valence-corrected chi connectivity index (χ4v) is 3.55. The van der Waals surface area contributed by atoms with Crippen LogP contribution in [0.15, 0.2) is 56.7 Å². The van der Waals surface area contributed by atoms with Crippen LogP contribution < -0.4 is 4.90 Å². The largest absolute Gasteiger partial charge is 0.308 e. The van der Waals surface area contributed by atoms with E-state index in [0.717, 1.165) is 14.3 Å². The first-order chi connectivity index (χ1) is 9.56. The Kier molecular flexibility index (Phi) is 3.40. The molecule has 1 aliphatic heterocycles. The van der Waals surface area contributed by atoms with Gasteiger partial charge < -0.3 is 4.90 Å². The van der Waals surface area contributed by atoms with Gasteiger partial charge in [-0.1, -0.05) is 33.8 Å². The maximum atomic E-state index is 11.7. The number of Topliss-reactive ketones (excluding diaryl/α,β-unsaturated/α-hetero) is 1. The minimum absolute atomic E-state index is 0.429. The molecule has 0 radical (unpaired) electrons. The van der Waals surface area contributed by atoms with Crippen molar-refractivity contribution in [2.24, 2.45) is 0 Å². The van der Waals surface area contributed by atoms with E-state index < -0.39 is 11.7 Å². The van der Waals surface area contributed by atoms with Crippen molar-refractivity contribution in [1.29, 1.82) is 0 Å². The first-order valence-corrected chi connectivity index (χ1v) is 7.57. The van der Waals surface area contributed by atoms with Gasteiger partial charge in [-0.3, -0.25) is 9.59 Å². The van der Waals surface area contributed by atoms with Gasteiger partial charge in [0.25, 0.3) is 11.7 Å². The summed E-state index contributed by atoms with van der Waals surface area (Å²) in [5.41, 5.74) is 1.16. The van der Waals surface area contributed by atoms with Crippen LogP contribution in [-0.4, -0.2) is 18.7 Å². The predicted octanol–water partition coefficient (Wildman–Crippen LogP) is 3.76. The summed E-state index contributed by atoms with van der Waals surface area (Å²) in [4.78, 5) is 26.9. The van der Waals surface area contributed by atoms with Gasteiger partial charge in [-0.15, -0.1) is 0 Å². The highest BCUT2D eigenvalue weighted by atomic mass is 79.9. The number of benzene rings is 2. The molecule has 1 amide bonds. The Morgan fingerprint density at radius 3 is 2.55 bits per heavy atom. The summed E-state index contributed by atoms with van der Waals surface area (Å²) in [7, 11) is 1.62. The Bertz CT molecular complexity index is 730. The van der Waals surface area contributed by atoms with Gasteiger partial charge in [0.15, 0.2) is 0 Å². The molecule has 0 fully saturated rings. The van der Waals surface area contributed by atoms with Crippen LogP contribution in [0.25, 0.3) is 0 Å². The molecule has 5 heteroatoms. The zero-order valence-corrected chi connectivity index (χ0v) is 13.0. The minimum Gasteiger partial charge on any atom is -0.308 e. The number of nitrogens with zero attached hydrogens (tertiary/aromatic N) is 1. The number of carbonyl (C=O) groups excluding carboxylic acids is 2. The molecule has 20 heavy (non-hydrogen) atoms. The van der Waals surface area contributed by atoms with Gasteiger partial charge in [0.05, 0.1) is 11.3 Å². The molecule has 3 nitrogen and oxygen atoms in total. The average molecular weight is 348 g/mol. The van der Waals surface area contributed by atoms with Gasteiger partial charge in [0.2, 0.25) is 0 Å². The summed E-state index contributed by atoms with van der Waals surface area (Å²) >= 11 is 5.03. The molecule has 3 rings (SSSR count). The number of anilines is 1. The smallest absolute Gasteiger partial charge is 0.299 e. The van der Waals surface area contributed by atoms with Crippen LogP contribution in [0.3, 0.4) is 0 Å². The van der Waals surface area contributed by atoms with Crippen LogP contribution in [0.5, 0.6) is 0 Å². The first kappa shape index (κ1) is 13.4. The van der Waals surface area contributed by atoms with E-state index in [2.05, 4.69) is 15.9 Å². The van der Waals surface area contributed by atoms with E-state index in [9.17, 15) is 9.59 Å². The van der Waals surface area contributed by atoms with Crippen molar-refractivity contribution in [3.8, 4) is 0 Å². The van der Waals surface area contributed by atoms with Crippen molar-refractivity contribution in [2.75, 3.05) is 11.9 Å². The molecule has 0 unspecified atom stereocenters. The van der Waals surface area contributed by atoms with Crippen LogP contribution in [0.4, 0.5) is 5.69 Å². The topological polar surface area (TPSA) is 37.4 Å². The molecule has 0 bridgehead atoms. The van der Waals surface area contributed by atoms with Gasteiger partial charge >= 0.3 is 0 Å². The molecule has 100 valence electrons. The molecule has 0 saturated heterocycles. The van der Waals surface area contributed by atoms with Crippen molar-refractivity contribution < 1.29 is 9.59 Å². The summed E-state index contributed by atoms with van der Waals surface area (Å²) in [6.07, 6.45) is 0. The van der Waals surface area contributed by atoms with E-state index in [-0.39, 0.29) is 0 Å². The normalized spacial score (nSPS) is 13.8. The third-order valence-corrected chi connectivity index (χ3v) is 4.58. The Morgan fingerprint density at radius 1 is 1.05 bits per heavy atom.